The molecular formula is C50H63N7O8. The largest absolute Gasteiger partial charge is 0.445 e. The highest BCUT2D eigenvalue weighted by Gasteiger charge is 2.41. The first-order valence-electron chi connectivity index (χ1n) is 22.0. The van der Waals surface area contributed by atoms with E-state index in [0.29, 0.717) is 24.1 Å². The maximum absolute atomic E-state index is 14.0. The summed E-state index contributed by atoms with van der Waals surface area (Å²) in [5, 5.41) is 8.96. The van der Waals surface area contributed by atoms with E-state index in [2.05, 4.69) is 16.0 Å². The van der Waals surface area contributed by atoms with Crippen molar-refractivity contribution < 1.29 is 38.2 Å². The molecule has 15 nitrogen and oxygen atoms in total. The average molecular weight is 890 g/mol. The van der Waals surface area contributed by atoms with Crippen molar-refractivity contribution in [1.82, 2.24) is 25.3 Å². The van der Waals surface area contributed by atoms with Crippen molar-refractivity contribution in [2.75, 3.05) is 39.0 Å². The molecule has 346 valence electrons. The lowest BCUT2D eigenvalue weighted by Crippen LogP contribution is -2.56. The molecule has 0 spiro atoms. The van der Waals surface area contributed by atoms with Gasteiger partial charge in [0.25, 0.3) is 0 Å². The number of carbonyl (C=O) groups is 6. The van der Waals surface area contributed by atoms with Crippen LogP contribution in [0.2, 0.25) is 0 Å². The molecule has 1 heterocycles. The van der Waals surface area contributed by atoms with Gasteiger partial charge in [0.15, 0.2) is 0 Å². The third-order valence-electron chi connectivity index (χ3n) is 11.1. The number of nitrogens with two attached hydrogens (primary N) is 1. The number of rotatable bonds is 17. The summed E-state index contributed by atoms with van der Waals surface area (Å²) in [6.45, 7) is 9.68. The van der Waals surface area contributed by atoms with E-state index in [1.807, 2.05) is 91.0 Å². The van der Waals surface area contributed by atoms with E-state index >= 15 is 0 Å². The van der Waals surface area contributed by atoms with Crippen molar-refractivity contribution in [3.05, 3.63) is 138 Å². The quantitative estimate of drug-likeness (QED) is 0.0919. The van der Waals surface area contributed by atoms with Gasteiger partial charge in [0.05, 0.1) is 12.5 Å². The molecule has 3 atom stereocenters. The second kappa shape index (κ2) is 22.2. The number of carbonyl (C=O) groups excluding carboxylic acids is 6. The Morgan fingerprint density at radius 1 is 0.754 bits per heavy atom. The molecule has 4 aromatic carbocycles. The Morgan fingerprint density at radius 2 is 1.26 bits per heavy atom. The number of likely N-dealkylation sites (N-methyl/N-ethyl adjacent to an activating group) is 2. The summed E-state index contributed by atoms with van der Waals surface area (Å²) in [6, 6.07) is 32.5. The summed E-state index contributed by atoms with van der Waals surface area (Å²) in [5.41, 5.74) is 8.38. The zero-order chi connectivity index (χ0) is 47.3. The first kappa shape index (κ1) is 49.3. The molecule has 0 aliphatic carbocycles. The van der Waals surface area contributed by atoms with Crippen LogP contribution < -0.4 is 21.7 Å². The van der Waals surface area contributed by atoms with Crippen molar-refractivity contribution in [2.45, 2.75) is 89.8 Å². The molecular weight excluding hydrogens is 827 g/mol. The van der Waals surface area contributed by atoms with Gasteiger partial charge < -0.3 is 45.9 Å². The van der Waals surface area contributed by atoms with Gasteiger partial charge in [-0.1, -0.05) is 117 Å². The van der Waals surface area contributed by atoms with Crippen LogP contribution in [0.3, 0.4) is 0 Å². The van der Waals surface area contributed by atoms with Crippen molar-refractivity contribution in [2.24, 2.45) is 11.7 Å². The lowest BCUT2D eigenvalue weighted by Gasteiger charge is -2.37. The molecule has 15 heteroatoms. The fourth-order valence-electron chi connectivity index (χ4n) is 7.61. The van der Waals surface area contributed by atoms with E-state index in [0.717, 1.165) is 16.7 Å². The normalized spacial score (nSPS) is 14.7. The molecule has 5 N–H and O–H groups in total. The Morgan fingerprint density at radius 3 is 1.75 bits per heavy atom. The number of likely N-dealkylation sites (tertiary alicyclic amines) is 1. The number of nitrogens with zero attached hydrogens (tertiary/aromatic N) is 3. The standard InChI is InChI=1S/C50H63N7O8/c1-34(2)43(45(60)52-39-27-25-35(26-28-39)33-64-47(62)55(6)30-31-56(7)48(63)65-49(3,4)5)53-44(59)41-24-17-29-57(41)46(61)40(51)32-42(58)54-50(36-18-11-8-12-19-36,37-20-13-9-14-21-37)38-22-15-10-16-23-38/h8-16,18-23,25-28,34,40-41,43H,17,24,29-33,51H2,1-7H3,(H,52,60)(H,53,59)(H,54,58)/t40-,41-,43-/m0/s1. The smallest absolute Gasteiger partial charge is 0.410 e. The van der Waals surface area contributed by atoms with E-state index < -0.39 is 65.1 Å². The van der Waals surface area contributed by atoms with Gasteiger partial charge in [0.2, 0.25) is 23.6 Å². The van der Waals surface area contributed by atoms with Crippen LogP contribution >= 0.6 is 0 Å². The summed E-state index contributed by atoms with van der Waals surface area (Å²) in [5.74, 6) is -2.23. The number of ether oxygens (including phenoxy) is 2. The number of hydrogen-bond acceptors (Lipinski definition) is 9. The summed E-state index contributed by atoms with van der Waals surface area (Å²) in [4.78, 5) is 84.4. The topological polar surface area (TPSA) is 193 Å². The van der Waals surface area contributed by atoms with Crippen molar-refractivity contribution in [3.63, 3.8) is 0 Å². The molecule has 1 fully saturated rings. The zero-order valence-electron chi connectivity index (χ0n) is 38.4. The van der Waals surface area contributed by atoms with E-state index in [4.69, 9.17) is 15.2 Å². The second-order valence-electron chi connectivity index (χ2n) is 17.7. The minimum atomic E-state index is -1.24. The van der Waals surface area contributed by atoms with Gasteiger partial charge in [-0.05, 0) is 73.9 Å². The zero-order valence-corrected chi connectivity index (χ0v) is 38.4. The highest BCUT2D eigenvalue weighted by molar-refractivity contribution is 5.99. The van der Waals surface area contributed by atoms with E-state index in [1.54, 1.807) is 73.0 Å². The summed E-state index contributed by atoms with van der Waals surface area (Å²) >= 11 is 0. The second-order valence-corrected chi connectivity index (χ2v) is 17.7. The number of hydrogen-bond donors (Lipinski definition) is 4. The van der Waals surface area contributed by atoms with E-state index in [-0.39, 0.29) is 38.6 Å². The summed E-state index contributed by atoms with van der Waals surface area (Å²) < 4.78 is 10.8. The SMILES string of the molecule is CC(C)[C@H](NC(=O)[C@@H]1CCCN1C(=O)[C@@H](N)CC(=O)NC(c1ccccc1)(c1ccccc1)c1ccccc1)C(=O)Nc1ccc(COC(=O)N(C)CCN(C)C(=O)OC(C)(C)C)cc1. The van der Waals surface area contributed by atoms with Gasteiger partial charge in [-0.3, -0.25) is 19.2 Å². The van der Waals surface area contributed by atoms with Gasteiger partial charge in [-0.2, -0.15) is 0 Å². The Labute approximate surface area is 382 Å². The minimum absolute atomic E-state index is 0.0231. The molecule has 5 rings (SSSR count). The molecule has 0 aromatic heterocycles. The first-order valence-corrected chi connectivity index (χ1v) is 22.0. The number of benzene rings is 4. The number of nitrogens with one attached hydrogen (secondary N) is 3. The molecule has 6 amide bonds. The van der Waals surface area contributed by atoms with Crippen LogP contribution in [-0.4, -0.2) is 108 Å². The fourth-order valence-corrected chi connectivity index (χ4v) is 7.61. The summed E-state index contributed by atoms with van der Waals surface area (Å²) in [6.07, 6.45) is -0.479. The maximum atomic E-state index is 14.0. The number of amides is 6. The van der Waals surface area contributed by atoms with Crippen LogP contribution in [-0.2, 0) is 40.8 Å². The molecule has 1 aliphatic heterocycles. The van der Waals surface area contributed by atoms with Gasteiger partial charge in [-0.15, -0.1) is 0 Å². The van der Waals surface area contributed by atoms with Crippen LogP contribution in [0.5, 0.6) is 0 Å². The van der Waals surface area contributed by atoms with Gasteiger partial charge in [-0.25, -0.2) is 9.59 Å². The minimum Gasteiger partial charge on any atom is -0.445 e. The van der Waals surface area contributed by atoms with Crippen LogP contribution in [0.4, 0.5) is 15.3 Å². The lowest BCUT2D eigenvalue weighted by molar-refractivity contribution is -0.141. The number of anilines is 1. The van der Waals surface area contributed by atoms with Crippen molar-refractivity contribution in [1.29, 1.82) is 0 Å². The van der Waals surface area contributed by atoms with E-state index in [9.17, 15) is 28.8 Å². The summed E-state index contributed by atoms with van der Waals surface area (Å²) in [7, 11) is 3.16. The van der Waals surface area contributed by atoms with Gasteiger partial charge in [0, 0.05) is 39.4 Å². The van der Waals surface area contributed by atoms with Crippen molar-refractivity contribution >= 4 is 41.5 Å². The average Bonchev–Trinajstić information content (AvgIpc) is 3.79. The monoisotopic (exact) mass is 889 g/mol. The maximum Gasteiger partial charge on any atom is 0.410 e. The third-order valence-corrected chi connectivity index (χ3v) is 11.1. The van der Waals surface area contributed by atoms with Crippen LogP contribution in [0.1, 0.15) is 76.1 Å². The van der Waals surface area contributed by atoms with Gasteiger partial charge in [0.1, 0.15) is 29.8 Å². The Kier molecular flexibility index (Phi) is 16.9. The highest BCUT2D eigenvalue weighted by Crippen LogP contribution is 2.37. The van der Waals surface area contributed by atoms with Crippen LogP contribution in [0.25, 0.3) is 0 Å². The molecule has 65 heavy (non-hydrogen) atoms. The molecule has 0 unspecified atom stereocenters. The van der Waals surface area contributed by atoms with Gasteiger partial charge >= 0.3 is 12.2 Å². The Hall–Kier alpha value is -6.74. The highest BCUT2D eigenvalue weighted by atomic mass is 16.6. The molecule has 1 saturated heterocycles. The molecule has 1 aliphatic rings. The van der Waals surface area contributed by atoms with E-state index in [1.165, 1.54) is 14.7 Å². The lowest BCUT2D eigenvalue weighted by atomic mass is 9.77. The van der Waals surface area contributed by atoms with Crippen molar-refractivity contribution in [3.8, 4) is 0 Å². The first-order chi connectivity index (χ1) is 30.9. The predicted molar refractivity (Wildman–Crippen MR) is 248 cm³/mol. The Balaban J connectivity index is 1.16. The molecule has 4 aromatic rings. The Bertz CT molecular complexity index is 2140. The molecule has 0 bridgehead atoms. The third kappa shape index (κ3) is 13.2. The molecule has 0 radical (unpaired) electrons. The molecule has 0 saturated carbocycles. The van der Waals surface area contributed by atoms with Crippen LogP contribution in [0, 0.1) is 5.92 Å². The van der Waals surface area contributed by atoms with Crippen LogP contribution in [0.15, 0.2) is 115 Å². The fraction of sp³-hybridized carbons (Fsp3) is 0.400. The predicted octanol–water partition coefficient (Wildman–Crippen LogP) is 6.02.